The van der Waals surface area contributed by atoms with Crippen molar-refractivity contribution in [1.82, 2.24) is 25.1 Å². The number of nitrogens with zero attached hydrogens (tertiary/aromatic N) is 5. The largest absolute Gasteiger partial charge is 0.291 e. The van der Waals surface area contributed by atoms with E-state index in [9.17, 15) is 0 Å². The molecule has 1 aliphatic heterocycles. The van der Waals surface area contributed by atoms with Crippen molar-refractivity contribution < 1.29 is 0 Å². The fraction of sp³-hybridized carbons (Fsp3) is 0.611. The SMILES string of the molecule is Cc1c(Cl)cccc1-n1nnnc1C1(N2CCCC2)CCCCC1. The van der Waals surface area contributed by atoms with E-state index < -0.39 is 0 Å². The highest BCUT2D eigenvalue weighted by atomic mass is 35.5. The zero-order chi connectivity index (χ0) is 16.6. The second-order valence-corrected chi connectivity index (χ2v) is 7.49. The highest BCUT2D eigenvalue weighted by molar-refractivity contribution is 6.31. The maximum Gasteiger partial charge on any atom is 0.176 e. The molecular formula is C18H24ClN5. The molecule has 0 amide bonds. The van der Waals surface area contributed by atoms with Crippen molar-refractivity contribution in [2.24, 2.45) is 0 Å². The highest BCUT2D eigenvalue weighted by Gasteiger charge is 2.45. The van der Waals surface area contributed by atoms with Crippen molar-refractivity contribution in [2.45, 2.75) is 57.4 Å². The molecule has 0 radical (unpaired) electrons. The minimum atomic E-state index is -0.0208. The molecule has 5 nitrogen and oxygen atoms in total. The molecule has 1 aromatic heterocycles. The van der Waals surface area contributed by atoms with E-state index in [2.05, 4.69) is 26.5 Å². The van der Waals surface area contributed by atoms with Crippen LogP contribution in [0.2, 0.25) is 5.02 Å². The molecule has 2 aromatic rings. The van der Waals surface area contributed by atoms with Crippen molar-refractivity contribution in [3.63, 3.8) is 0 Å². The van der Waals surface area contributed by atoms with E-state index in [0.717, 1.165) is 48.0 Å². The molecule has 0 N–H and O–H groups in total. The number of halogens is 1. The van der Waals surface area contributed by atoms with Gasteiger partial charge in [-0.3, -0.25) is 4.90 Å². The third kappa shape index (κ3) is 2.54. The van der Waals surface area contributed by atoms with E-state index in [4.69, 9.17) is 11.6 Å². The van der Waals surface area contributed by atoms with Crippen LogP contribution in [0.1, 0.15) is 56.3 Å². The van der Waals surface area contributed by atoms with Crippen LogP contribution < -0.4 is 0 Å². The standard InChI is InChI=1S/C18H24ClN5/c1-14-15(19)8-7-9-16(14)24-17(20-21-22-24)18(10-3-2-4-11-18)23-12-5-6-13-23/h7-9H,2-6,10-13H2,1H3. The van der Waals surface area contributed by atoms with Crippen LogP contribution in [0.3, 0.4) is 0 Å². The van der Waals surface area contributed by atoms with Gasteiger partial charge >= 0.3 is 0 Å². The number of benzene rings is 1. The van der Waals surface area contributed by atoms with Crippen molar-refractivity contribution in [3.8, 4) is 5.69 Å². The lowest BCUT2D eigenvalue weighted by molar-refractivity contribution is 0.0595. The summed E-state index contributed by atoms with van der Waals surface area (Å²) in [5.74, 6) is 0.995. The smallest absolute Gasteiger partial charge is 0.176 e. The second-order valence-electron chi connectivity index (χ2n) is 7.08. The lowest BCUT2D eigenvalue weighted by Gasteiger charge is -2.43. The van der Waals surface area contributed by atoms with E-state index in [1.807, 2.05) is 23.7 Å². The molecule has 0 bridgehead atoms. The van der Waals surface area contributed by atoms with Crippen LogP contribution in [0.5, 0.6) is 0 Å². The monoisotopic (exact) mass is 345 g/mol. The number of rotatable bonds is 3. The maximum absolute atomic E-state index is 6.34. The molecule has 0 atom stereocenters. The Kier molecular flexibility index (Phi) is 4.31. The number of likely N-dealkylation sites (tertiary alicyclic amines) is 1. The topological polar surface area (TPSA) is 46.8 Å². The van der Waals surface area contributed by atoms with Crippen molar-refractivity contribution in [2.75, 3.05) is 13.1 Å². The molecule has 0 spiro atoms. The molecule has 1 saturated carbocycles. The average Bonchev–Trinajstić information content (AvgIpc) is 3.30. The lowest BCUT2D eigenvalue weighted by atomic mass is 9.79. The summed E-state index contributed by atoms with van der Waals surface area (Å²) in [5, 5.41) is 13.7. The first-order chi connectivity index (χ1) is 11.7. The Labute approximate surface area is 148 Å². The average molecular weight is 346 g/mol. The van der Waals surface area contributed by atoms with Gasteiger partial charge in [0.1, 0.15) is 0 Å². The van der Waals surface area contributed by atoms with E-state index >= 15 is 0 Å². The van der Waals surface area contributed by atoms with Crippen LogP contribution in [0.25, 0.3) is 5.69 Å². The number of tetrazole rings is 1. The van der Waals surface area contributed by atoms with E-state index in [-0.39, 0.29) is 5.54 Å². The van der Waals surface area contributed by atoms with Gasteiger partial charge < -0.3 is 0 Å². The first-order valence-corrected chi connectivity index (χ1v) is 9.39. The fourth-order valence-electron chi connectivity index (χ4n) is 4.43. The van der Waals surface area contributed by atoms with Gasteiger partial charge in [-0.15, -0.1) is 5.10 Å². The third-order valence-corrected chi connectivity index (χ3v) is 6.15. The van der Waals surface area contributed by atoms with Crippen LogP contribution >= 0.6 is 11.6 Å². The summed E-state index contributed by atoms with van der Waals surface area (Å²) in [7, 11) is 0. The predicted octanol–water partition coefficient (Wildman–Crippen LogP) is 3.88. The quantitative estimate of drug-likeness (QED) is 0.847. The second kappa shape index (κ2) is 6.45. The van der Waals surface area contributed by atoms with Crippen LogP contribution in [-0.2, 0) is 5.54 Å². The molecule has 1 saturated heterocycles. The van der Waals surface area contributed by atoms with Gasteiger partial charge in [-0.25, -0.2) is 0 Å². The normalized spacial score (nSPS) is 21.2. The predicted molar refractivity (Wildman–Crippen MR) is 94.5 cm³/mol. The highest BCUT2D eigenvalue weighted by Crippen LogP contribution is 2.43. The zero-order valence-electron chi connectivity index (χ0n) is 14.2. The Morgan fingerprint density at radius 3 is 2.54 bits per heavy atom. The van der Waals surface area contributed by atoms with Gasteiger partial charge in [0.25, 0.3) is 0 Å². The van der Waals surface area contributed by atoms with Crippen LogP contribution in [0.15, 0.2) is 18.2 Å². The Bertz CT molecular complexity index is 714. The van der Waals surface area contributed by atoms with Gasteiger partial charge in [0, 0.05) is 5.02 Å². The summed E-state index contributed by atoms with van der Waals surface area (Å²) in [6, 6.07) is 5.95. The number of aromatic nitrogens is 4. The lowest BCUT2D eigenvalue weighted by Crippen LogP contribution is -2.47. The Balaban J connectivity index is 1.83. The summed E-state index contributed by atoms with van der Waals surface area (Å²) in [4.78, 5) is 2.63. The van der Waals surface area contributed by atoms with Gasteiger partial charge in [0.15, 0.2) is 5.82 Å². The van der Waals surface area contributed by atoms with Gasteiger partial charge in [-0.05, 0) is 73.8 Å². The fourth-order valence-corrected chi connectivity index (χ4v) is 4.60. The van der Waals surface area contributed by atoms with Crippen molar-refractivity contribution in [3.05, 3.63) is 34.6 Å². The molecular weight excluding hydrogens is 322 g/mol. The van der Waals surface area contributed by atoms with Crippen molar-refractivity contribution in [1.29, 1.82) is 0 Å². The summed E-state index contributed by atoms with van der Waals surface area (Å²) >= 11 is 6.34. The molecule has 1 aliphatic carbocycles. The number of hydrogen-bond donors (Lipinski definition) is 0. The Morgan fingerprint density at radius 1 is 1.04 bits per heavy atom. The van der Waals surface area contributed by atoms with Gasteiger partial charge in [-0.2, -0.15) is 4.68 Å². The van der Waals surface area contributed by atoms with Crippen LogP contribution in [0.4, 0.5) is 0 Å². The third-order valence-electron chi connectivity index (χ3n) is 5.75. The van der Waals surface area contributed by atoms with Gasteiger partial charge in [0.05, 0.1) is 11.2 Å². The Morgan fingerprint density at radius 2 is 1.79 bits per heavy atom. The van der Waals surface area contributed by atoms with Crippen LogP contribution in [-0.4, -0.2) is 38.2 Å². The number of hydrogen-bond acceptors (Lipinski definition) is 4. The molecule has 2 aliphatic rings. The molecule has 4 rings (SSSR count). The van der Waals surface area contributed by atoms with Crippen molar-refractivity contribution >= 4 is 11.6 Å². The van der Waals surface area contributed by atoms with Gasteiger partial charge in [-0.1, -0.05) is 36.9 Å². The minimum Gasteiger partial charge on any atom is -0.291 e. The summed E-state index contributed by atoms with van der Waals surface area (Å²) in [6.45, 7) is 4.34. The zero-order valence-corrected chi connectivity index (χ0v) is 15.0. The molecule has 6 heteroatoms. The molecule has 128 valence electrons. The molecule has 24 heavy (non-hydrogen) atoms. The van der Waals surface area contributed by atoms with E-state index in [1.54, 1.807) is 0 Å². The first-order valence-electron chi connectivity index (χ1n) is 9.02. The molecule has 1 aromatic carbocycles. The van der Waals surface area contributed by atoms with E-state index in [0.29, 0.717) is 0 Å². The molecule has 2 heterocycles. The summed E-state index contributed by atoms with van der Waals surface area (Å²) in [6.07, 6.45) is 8.65. The maximum atomic E-state index is 6.34. The summed E-state index contributed by atoms with van der Waals surface area (Å²) in [5.41, 5.74) is 2.00. The summed E-state index contributed by atoms with van der Waals surface area (Å²) < 4.78 is 1.94. The molecule has 0 unspecified atom stereocenters. The minimum absolute atomic E-state index is 0.0208. The van der Waals surface area contributed by atoms with E-state index in [1.165, 1.54) is 32.1 Å². The molecule has 2 fully saturated rings. The Hall–Kier alpha value is -1.46. The van der Waals surface area contributed by atoms with Crippen LogP contribution in [0, 0.1) is 6.92 Å². The van der Waals surface area contributed by atoms with Gasteiger partial charge in [0.2, 0.25) is 0 Å². The first kappa shape index (κ1) is 16.0.